The molecule has 2 aromatic carbocycles. The number of fused-ring (bicyclic) bond motifs is 1. The Morgan fingerprint density at radius 2 is 1.79 bits per heavy atom. The molecule has 2 aromatic rings. The van der Waals surface area contributed by atoms with E-state index in [-0.39, 0.29) is 4.90 Å². The van der Waals surface area contributed by atoms with Crippen molar-refractivity contribution < 1.29 is 17.9 Å². The third-order valence-corrected chi connectivity index (χ3v) is 7.52. The monoisotopic (exact) mass is 417 g/mol. The molecule has 8 heteroatoms. The summed E-state index contributed by atoms with van der Waals surface area (Å²) < 4.78 is 38.9. The quantitative estimate of drug-likeness (QED) is 0.801. The van der Waals surface area contributed by atoms with Crippen molar-refractivity contribution in [2.45, 2.75) is 17.9 Å². The average molecular weight is 418 g/mol. The van der Waals surface area contributed by atoms with Crippen molar-refractivity contribution in [1.82, 2.24) is 9.62 Å². The van der Waals surface area contributed by atoms with Gasteiger partial charge in [0.25, 0.3) is 0 Å². The summed E-state index contributed by atoms with van der Waals surface area (Å²) in [4.78, 5) is 2.53. The molecule has 0 aromatic heterocycles. The van der Waals surface area contributed by atoms with Crippen LogP contribution in [0.25, 0.3) is 0 Å². The van der Waals surface area contributed by atoms with E-state index < -0.39 is 10.0 Å². The van der Waals surface area contributed by atoms with Crippen molar-refractivity contribution in [1.29, 1.82) is 0 Å². The van der Waals surface area contributed by atoms with E-state index in [0.29, 0.717) is 31.0 Å². The molecule has 0 unspecified atom stereocenters. The minimum atomic E-state index is -3.71. The van der Waals surface area contributed by atoms with Gasteiger partial charge in [-0.05, 0) is 35.7 Å². The van der Waals surface area contributed by atoms with Crippen LogP contribution in [0.15, 0.2) is 41.3 Å². The Morgan fingerprint density at radius 3 is 2.52 bits per heavy atom. The summed E-state index contributed by atoms with van der Waals surface area (Å²) in [6.45, 7) is 4.69. The number of nitrogens with zero attached hydrogens (tertiary/aromatic N) is 2. The zero-order chi connectivity index (χ0) is 20.4. The van der Waals surface area contributed by atoms with E-state index in [2.05, 4.69) is 16.3 Å². The van der Waals surface area contributed by atoms with Crippen molar-refractivity contribution in [2.75, 3.05) is 51.8 Å². The van der Waals surface area contributed by atoms with Crippen molar-refractivity contribution in [2.24, 2.45) is 0 Å². The molecule has 1 N–H and O–H groups in total. The number of ether oxygens (including phenoxy) is 2. The predicted octanol–water partition coefficient (Wildman–Crippen LogP) is 1.86. The van der Waals surface area contributed by atoms with Crippen LogP contribution in [0, 0.1) is 0 Å². The maximum atomic E-state index is 13.4. The lowest BCUT2D eigenvalue weighted by Crippen LogP contribution is -2.44. The first-order chi connectivity index (χ1) is 14.0. The molecule has 7 nitrogen and oxygen atoms in total. The normalized spacial score (nSPS) is 17.7. The molecule has 1 fully saturated rings. The van der Waals surface area contributed by atoms with Gasteiger partial charge in [-0.1, -0.05) is 12.1 Å². The SMILES string of the molecule is COc1ccc(OC)c(S(=O)(=O)N2CCc3c(cccc3N3CCNCC3)C2)c1. The fourth-order valence-electron chi connectivity index (χ4n) is 4.10. The highest BCUT2D eigenvalue weighted by atomic mass is 32.2. The minimum Gasteiger partial charge on any atom is -0.497 e. The number of nitrogens with one attached hydrogen (secondary N) is 1. The Morgan fingerprint density at radius 1 is 1.00 bits per heavy atom. The standard InChI is InChI=1S/C21H27N3O4S/c1-27-17-6-7-20(28-2)21(14-17)29(25,26)24-11-8-18-16(15-24)4-3-5-19(18)23-12-9-22-10-13-23/h3-7,14,22H,8-13,15H2,1-2H3. The molecule has 4 rings (SSSR count). The van der Waals surface area contributed by atoms with E-state index in [9.17, 15) is 8.42 Å². The van der Waals surface area contributed by atoms with Crippen molar-refractivity contribution in [3.8, 4) is 11.5 Å². The number of methoxy groups -OCH3 is 2. The fraction of sp³-hybridized carbons (Fsp3) is 0.429. The van der Waals surface area contributed by atoms with Gasteiger partial charge in [0, 0.05) is 51.0 Å². The van der Waals surface area contributed by atoms with Gasteiger partial charge in [0.05, 0.1) is 14.2 Å². The Kier molecular flexibility index (Phi) is 5.67. The first kappa shape index (κ1) is 20.0. The number of rotatable bonds is 5. The Balaban J connectivity index is 1.65. The van der Waals surface area contributed by atoms with Crippen LogP contribution in [0.1, 0.15) is 11.1 Å². The van der Waals surface area contributed by atoms with Crippen LogP contribution in [-0.4, -0.2) is 59.7 Å². The zero-order valence-corrected chi connectivity index (χ0v) is 17.7. The molecule has 0 bridgehead atoms. The molecule has 2 aliphatic heterocycles. The van der Waals surface area contributed by atoms with E-state index in [1.165, 1.54) is 35.8 Å². The van der Waals surface area contributed by atoms with Crippen LogP contribution in [0.5, 0.6) is 11.5 Å². The lowest BCUT2D eigenvalue weighted by molar-refractivity contribution is 0.373. The lowest BCUT2D eigenvalue weighted by atomic mass is 9.98. The molecule has 0 atom stereocenters. The molecule has 0 saturated carbocycles. The maximum absolute atomic E-state index is 13.4. The maximum Gasteiger partial charge on any atom is 0.247 e. The molecular weight excluding hydrogens is 390 g/mol. The number of piperazine rings is 1. The van der Waals surface area contributed by atoms with E-state index in [1.54, 1.807) is 12.1 Å². The predicted molar refractivity (Wildman–Crippen MR) is 112 cm³/mol. The van der Waals surface area contributed by atoms with Gasteiger partial charge in [0.15, 0.2) is 0 Å². The fourth-order valence-corrected chi connectivity index (χ4v) is 5.68. The molecule has 0 amide bonds. The Hall–Kier alpha value is -2.29. The largest absolute Gasteiger partial charge is 0.497 e. The lowest BCUT2D eigenvalue weighted by Gasteiger charge is -2.35. The molecule has 29 heavy (non-hydrogen) atoms. The van der Waals surface area contributed by atoms with E-state index in [1.807, 2.05) is 12.1 Å². The van der Waals surface area contributed by atoms with Crippen molar-refractivity contribution >= 4 is 15.7 Å². The summed E-state index contributed by atoms with van der Waals surface area (Å²) in [5, 5.41) is 3.38. The Labute approximate surface area is 172 Å². The van der Waals surface area contributed by atoms with Crippen molar-refractivity contribution in [3.05, 3.63) is 47.5 Å². The van der Waals surface area contributed by atoms with E-state index >= 15 is 0 Å². The van der Waals surface area contributed by atoms with Gasteiger partial charge < -0.3 is 19.7 Å². The highest BCUT2D eigenvalue weighted by molar-refractivity contribution is 7.89. The number of hydrogen-bond donors (Lipinski definition) is 1. The highest BCUT2D eigenvalue weighted by Crippen LogP contribution is 2.35. The second-order valence-corrected chi connectivity index (χ2v) is 9.16. The molecule has 0 radical (unpaired) electrons. The van der Waals surface area contributed by atoms with Gasteiger partial charge in [-0.3, -0.25) is 0 Å². The van der Waals surface area contributed by atoms with Gasteiger partial charge in [-0.15, -0.1) is 0 Å². The van der Waals surface area contributed by atoms with Crippen LogP contribution >= 0.6 is 0 Å². The molecular formula is C21H27N3O4S. The van der Waals surface area contributed by atoms with Gasteiger partial charge in [0.1, 0.15) is 16.4 Å². The molecule has 0 spiro atoms. The summed E-state index contributed by atoms with van der Waals surface area (Å²) in [7, 11) is -0.714. The number of sulfonamides is 1. The second-order valence-electron chi connectivity index (χ2n) is 7.26. The second kappa shape index (κ2) is 8.22. The average Bonchev–Trinajstić information content (AvgIpc) is 2.78. The summed E-state index contributed by atoms with van der Waals surface area (Å²) >= 11 is 0. The molecule has 156 valence electrons. The van der Waals surface area contributed by atoms with Crippen LogP contribution < -0.4 is 19.7 Å². The first-order valence-electron chi connectivity index (χ1n) is 9.83. The van der Waals surface area contributed by atoms with Gasteiger partial charge in [-0.2, -0.15) is 4.31 Å². The summed E-state index contributed by atoms with van der Waals surface area (Å²) in [6, 6.07) is 11.1. The van der Waals surface area contributed by atoms with E-state index in [0.717, 1.165) is 31.7 Å². The first-order valence-corrected chi connectivity index (χ1v) is 11.3. The topological polar surface area (TPSA) is 71.1 Å². The zero-order valence-electron chi connectivity index (χ0n) is 16.8. The molecule has 2 aliphatic rings. The molecule has 1 saturated heterocycles. The molecule has 0 aliphatic carbocycles. The van der Waals surface area contributed by atoms with Gasteiger partial charge >= 0.3 is 0 Å². The number of hydrogen-bond acceptors (Lipinski definition) is 6. The minimum absolute atomic E-state index is 0.140. The van der Waals surface area contributed by atoms with Crippen LogP contribution in [0.2, 0.25) is 0 Å². The van der Waals surface area contributed by atoms with Gasteiger partial charge in [0.2, 0.25) is 10.0 Å². The smallest absolute Gasteiger partial charge is 0.247 e. The summed E-state index contributed by atoms with van der Waals surface area (Å²) in [6.07, 6.45) is 0.695. The van der Waals surface area contributed by atoms with Crippen LogP contribution in [0.4, 0.5) is 5.69 Å². The summed E-state index contributed by atoms with van der Waals surface area (Å²) in [5.74, 6) is 0.814. The number of benzene rings is 2. The Bertz CT molecular complexity index is 987. The van der Waals surface area contributed by atoms with Crippen LogP contribution in [-0.2, 0) is 23.0 Å². The third-order valence-electron chi connectivity index (χ3n) is 5.65. The molecule has 2 heterocycles. The highest BCUT2D eigenvalue weighted by Gasteiger charge is 2.32. The summed E-state index contributed by atoms with van der Waals surface area (Å²) in [5.41, 5.74) is 3.57. The van der Waals surface area contributed by atoms with Crippen LogP contribution in [0.3, 0.4) is 0 Å². The third kappa shape index (κ3) is 3.80. The van der Waals surface area contributed by atoms with Crippen molar-refractivity contribution in [3.63, 3.8) is 0 Å². The van der Waals surface area contributed by atoms with Gasteiger partial charge in [-0.25, -0.2) is 8.42 Å². The number of anilines is 1. The van der Waals surface area contributed by atoms with E-state index in [4.69, 9.17) is 9.47 Å².